The van der Waals surface area contributed by atoms with Crippen molar-refractivity contribution in [2.24, 2.45) is 5.73 Å². The first kappa shape index (κ1) is 12.8. The highest BCUT2D eigenvalue weighted by molar-refractivity contribution is 5.84. The Morgan fingerprint density at radius 3 is 2.89 bits per heavy atom. The molecule has 98 valence electrons. The molecule has 0 aromatic carbocycles. The minimum Gasteiger partial charge on any atom is -0.476 e. The fourth-order valence-electron chi connectivity index (χ4n) is 2.05. The number of rotatable bonds is 4. The van der Waals surface area contributed by atoms with Crippen LogP contribution in [0.15, 0.2) is 12.3 Å². The third kappa shape index (κ3) is 2.95. The van der Waals surface area contributed by atoms with Crippen LogP contribution in [0.4, 0.5) is 0 Å². The van der Waals surface area contributed by atoms with Crippen molar-refractivity contribution in [3.05, 3.63) is 18.1 Å². The Hall–Kier alpha value is -1.69. The summed E-state index contributed by atoms with van der Waals surface area (Å²) in [4.78, 5) is 19.0. The summed E-state index contributed by atoms with van der Waals surface area (Å²) in [7, 11) is 1.28. The van der Waals surface area contributed by atoms with Crippen LogP contribution in [0.25, 0.3) is 0 Å². The highest BCUT2D eigenvalue weighted by Crippen LogP contribution is 2.27. The zero-order chi connectivity index (χ0) is 13.0. The molecule has 6 nitrogen and oxygen atoms in total. The van der Waals surface area contributed by atoms with Crippen molar-refractivity contribution in [3.63, 3.8) is 0 Å². The van der Waals surface area contributed by atoms with Gasteiger partial charge in [-0.25, -0.2) is 9.78 Å². The molecule has 1 aromatic heterocycles. The molecule has 6 heteroatoms. The van der Waals surface area contributed by atoms with Crippen LogP contribution in [0.5, 0.6) is 5.88 Å². The van der Waals surface area contributed by atoms with Crippen LogP contribution in [0, 0.1) is 0 Å². The van der Waals surface area contributed by atoms with Gasteiger partial charge in [-0.15, -0.1) is 0 Å². The van der Waals surface area contributed by atoms with Crippen LogP contribution in [0.2, 0.25) is 0 Å². The van der Waals surface area contributed by atoms with E-state index in [1.807, 2.05) is 0 Å². The Bertz CT molecular complexity index is 430. The first-order valence-corrected chi connectivity index (χ1v) is 5.96. The summed E-state index contributed by atoms with van der Waals surface area (Å²) in [5, 5.41) is 0. The lowest BCUT2D eigenvalue weighted by molar-refractivity contribution is 0.0585. The standard InChI is InChI=1S/C12H17N3O3/c1-17-11(16)10-14-7-4-9(15-10)18-8-12(13)5-2-3-6-12/h4,7H,2-3,5-6,8,13H2,1H3. The molecule has 2 rings (SSSR count). The number of carbonyl (C=O) groups excluding carboxylic acids is 1. The molecule has 1 aliphatic rings. The molecular weight excluding hydrogens is 234 g/mol. The number of nitrogens with two attached hydrogens (primary N) is 1. The van der Waals surface area contributed by atoms with Crippen LogP contribution in [-0.4, -0.2) is 35.2 Å². The van der Waals surface area contributed by atoms with Gasteiger partial charge in [0, 0.05) is 12.3 Å². The molecule has 1 heterocycles. The number of hydrogen-bond donors (Lipinski definition) is 1. The maximum Gasteiger partial charge on any atom is 0.376 e. The lowest BCUT2D eigenvalue weighted by Crippen LogP contribution is -2.42. The molecule has 2 N–H and O–H groups in total. The highest BCUT2D eigenvalue weighted by atomic mass is 16.5. The van der Waals surface area contributed by atoms with E-state index in [0.717, 1.165) is 25.7 Å². The van der Waals surface area contributed by atoms with Crippen molar-refractivity contribution >= 4 is 5.97 Å². The minimum atomic E-state index is -0.580. The lowest BCUT2D eigenvalue weighted by atomic mass is 10.0. The second kappa shape index (κ2) is 5.30. The van der Waals surface area contributed by atoms with E-state index in [9.17, 15) is 4.79 Å². The van der Waals surface area contributed by atoms with E-state index in [-0.39, 0.29) is 11.4 Å². The van der Waals surface area contributed by atoms with E-state index in [4.69, 9.17) is 10.5 Å². The summed E-state index contributed by atoms with van der Waals surface area (Å²) in [5.74, 6) is -0.238. The highest BCUT2D eigenvalue weighted by Gasteiger charge is 2.30. The summed E-state index contributed by atoms with van der Waals surface area (Å²) in [6.45, 7) is 0.407. The number of esters is 1. The molecule has 0 saturated heterocycles. The van der Waals surface area contributed by atoms with E-state index in [1.165, 1.54) is 13.3 Å². The fraction of sp³-hybridized carbons (Fsp3) is 0.583. The molecule has 1 aromatic rings. The molecular formula is C12H17N3O3. The number of ether oxygens (including phenoxy) is 2. The van der Waals surface area contributed by atoms with Crippen LogP contribution < -0.4 is 10.5 Å². The molecule has 0 bridgehead atoms. The van der Waals surface area contributed by atoms with Crippen molar-refractivity contribution in [1.82, 2.24) is 9.97 Å². The fourth-order valence-corrected chi connectivity index (χ4v) is 2.05. The van der Waals surface area contributed by atoms with Crippen molar-refractivity contribution in [1.29, 1.82) is 0 Å². The van der Waals surface area contributed by atoms with Gasteiger partial charge >= 0.3 is 5.97 Å². The predicted octanol–water partition coefficient (Wildman–Crippen LogP) is 0.913. The largest absolute Gasteiger partial charge is 0.476 e. The second-order valence-electron chi connectivity index (χ2n) is 4.57. The first-order chi connectivity index (χ1) is 8.63. The monoisotopic (exact) mass is 251 g/mol. The van der Waals surface area contributed by atoms with Gasteiger partial charge < -0.3 is 15.2 Å². The van der Waals surface area contributed by atoms with Gasteiger partial charge in [0.05, 0.1) is 12.6 Å². The van der Waals surface area contributed by atoms with Gasteiger partial charge in [-0.1, -0.05) is 12.8 Å². The molecule has 0 atom stereocenters. The summed E-state index contributed by atoms with van der Waals surface area (Å²) < 4.78 is 10.1. The van der Waals surface area contributed by atoms with Crippen molar-refractivity contribution in [2.75, 3.05) is 13.7 Å². The zero-order valence-corrected chi connectivity index (χ0v) is 10.4. The molecule has 1 saturated carbocycles. The van der Waals surface area contributed by atoms with E-state index in [1.54, 1.807) is 6.07 Å². The third-order valence-electron chi connectivity index (χ3n) is 3.10. The number of nitrogens with zero attached hydrogens (tertiary/aromatic N) is 2. The molecule has 0 unspecified atom stereocenters. The normalized spacial score (nSPS) is 17.4. The van der Waals surface area contributed by atoms with Gasteiger partial charge in [-0.2, -0.15) is 4.98 Å². The van der Waals surface area contributed by atoms with Gasteiger partial charge in [-0.05, 0) is 12.8 Å². The summed E-state index contributed by atoms with van der Waals surface area (Å²) in [5.41, 5.74) is 5.90. The SMILES string of the molecule is COC(=O)c1nccc(OCC2(N)CCCC2)n1. The Morgan fingerprint density at radius 2 is 2.22 bits per heavy atom. The van der Waals surface area contributed by atoms with Gasteiger partial charge in [-0.3, -0.25) is 0 Å². The van der Waals surface area contributed by atoms with Gasteiger partial charge in [0.1, 0.15) is 6.61 Å². The minimum absolute atomic E-state index is 0.00695. The van der Waals surface area contributed by atoms with Crippen molar-refractivity contribution in [2.45, 2.75) is 31.2 Å². The maximum absolute atomic E-state index is 11.3. The van der Waals surface area contributed by atoms with Crippen LogP contribution >= 0.6 is 0 Å². The third-order valence-corrected chi connectivity index (χ3v) is 3.10. The number of aromatic nitrogens is 2. The summed E-state index contributed by atoms with van der Waals surface area (Å²) in [6, 6.07) is 1.60. The van der Waals surface area contributed by atoms with Crippen LogP contribution in [0.3, 0.4) is 0 Å². The van der Waals surface area contributed by atoms with E-state index in [2.05, 4.69) is 14.7 Å². The van der Waals surface area contributed by atoms with Crippen molar-refractivity contribution in [3.8, 4) is 5.88 Å². The Balaban J connectivity index is 1.99. The predicted molar refractivity (Wildman–Crippen MR) is 64.3 cm³/mol. The summed E-state index contributed by atoms with van der Waals surface area (Å²) >= 11 is 0. The van der Waals surface area contributed by atoms with E-state index < -0.39 is 5.97 Å². The van der Waals surface area contributed by atoms with Gasteiger partial charge in [0.2, 0.25) is 11.7 Å². The Labute approximate surface area is 106 Å². The molecule has 0 radical (unpaired) electrons. The average Bonchev–Trinajstić information content (AvgIpc) is 2.83. The second-order valence-corrected chi connectivity index (χ2v) is 4.57. The van der Waals surface area contributed by atoms with Crippen LogP contribution in [0.1, 0.15) is 36.3 Å². The van der Waals surface area contributed by atoms with Crippen molar-refractivity contribution < 1.29 is 14.3 Å². The van der Waals surface area contributed by atoms with Crippen LogP contribution in [-0.2, 0) is 4.74 Å². The number of methoxy groups -OCH3 is 1. The molecule has 0 aliphatic heterocycles. The van der Waals surface area contributed by atoms with Gasteiger partial charge in [0.25, 0.3) is 0 Å². The quantitative estimate of drug-likeness (QED) is 0.800. The lowest BCUT2D eigenvalue weighted by Gasteiger charge is -2.23. The molecule has 0 amide bonds. The number of carbonyl (C=O) groups is 1. The maximum atomic E-state index is 11.3. The topological polar surface area (TPSA) is 87.3 Å². The van der Waals surface area contributed by atoms with E-state index in [0.29, 0.717) is 12.5 Å². The summed E-state index contributed by atoms with van der Waals surface area (Å²) in [6.07, 6.45) is 5.66. The number of hydrogen-bond acceptors (Lipinski definition) is 6. The molecule has 18 heavy (non-hydrogen) atoms. The molecule has 1 aliphatic carbocycles. The molecule has 0 spiro atoms. The Morgan fingerprint density at radius 1 is 1.50 bits per heavy atom. The van der Waals surface area contributed by atoms with E-state index >= 15 is 0 Å². The zero-order valence-electron chi connectivity index (χ0n) is 10.4. The average molecular weight is 251 g/mol. The smallest absolute Gasteiger partial charge is 0.376 e. The van der Waals surface area contributed by atoms with Gasteiger partial charge in [0.15, 0.2) is 0 Å². The first-order valence-electron chi connectivity index (χ1n) is 5.96. The molecule has 1 fully saturated rings. The Kier molecular flexibility index (Phi) is 3.76.